The van der Waals surface area contributed by atoms with Crippen LogP contribution in [0.4, 0.5) is 0 Å². The van der Waals surface area contributed by atoms with Crippen LogP contribution in [-0.4, -0.2) is 6.29 Å². The van der Waals surface area contributed by atoms with Gasteiger partial charge in [-0.05, 0) is 73.4 Å². The minimum absolute atomic E-state index is 0.505. The maximum Gasteiger partial charge on any atom is 0.119 e. The molecule has 0 heterocycles. The molecular formula is C24H31ClO. The molecule has 26 heavy (non-hydrogen) atoms. The molecule has 0 spiro atoms. The van der Waals surface area contributed by atoms with Crippen LogP contribution in [0.3, 0.4) is 0 Å². The second kappa shape index (κ2) is 11.2. The first-order valence-electron chi connectivity index (χ1n) is 9.85. The third-order valence-electron chi connectivity index (χ3n) is 5.25. The summed E-state index contributed by atoms with van der Waals surface area (Å²) < 4.78 is 0. The summed E-state index contributed by atoms with van der Waals surface area (Å²) >= 11 is 6.24. The van der Waals surface area contributed by atoms with Crippen molar-refractivity contribution in [1.82, 2.24) is 0 Å². The number of benzene rings is 2. The van der Waals surface area contributed by atoms with Crippen LogP contribution < -0.4 is 0 Å². The van der Waals surface area contributed by atoms with Crippen LogP contribution >= 0.6 is 11.6 Å². The molecule has 1 unspecified atom stereocenters. The fourth-order valence-electron chi connectivity index (χ4n) is 3.51. The summed E-state index contributed by atoms with van der Waals surface area (Å²) in [5.41, 5.74) is 5.46. The summed E-state index contributed by atoms with van der Waals surface area (Å²) in [6, 6.07) is 15.2. The van der Waals surface area contributed by atoms with Crippen LogP contribution in [0.25, 0.3) is 0 Å². The Hall–Kier alpha value is -1.60. The van der Waals surface area contributed by atoms with Gasteiger partial charge in [-0.3, -0.25) is 0 Å². The van der Waals surface area contributed by atoms with E-state index < -0.39 is 0 Å². The van der Waals surface area contributed by atoms with Crippen LogP contribution in [0.15, 0.2) is 42.5 Å². The Morgan fingerprint density at radius 2 is 1.69 bits per heavy atom. The fourth-order valence-corrected chi connectivity index (χ4v) is 3.71. The van der Waals surface area contributed by atoms with Gasteiger partial charge in [0.1, 0.15) is 6.29 Å². The van der Waals surface area contributed by atoms with Crippen molar-refractivity contribution >= 4 is 17.9 Å². The molecule has 140 valence electrons. The van der Waals surface area contributed by atoms with Gasteiger partial charge < -0.3 is 4.79 Å². The van der Waals surface area contributed by atoms with Gasteiger partial charge >= 0.3 is 0 Å². The maximum absolute atomic E-state index is 10.4. The quantitative estimate of drug-likeness (QED) is 0.301. The smallest absolute Gasteiger partial charge is 0.119 e. The second-order valence-electron chi connectivity index (χ2n) is 7.39. The van der Waals surface area contributed by atoms with E-state index in [-0.39, 0.29) is 0 Å². The minimum atomic E-state index is 0.505. The average molecular weight is 371 g/mol. The highest BCUT2D eigenvalue weighted by atomic mass is 35.5. The zero-order valence-corrected chi connectivity index (χ0v) is 16.9. The van der Waals surface area contributed by atoms with Gasteiger partial charge in [0.2, 0.25) is 0 Å². The van der Waals surface area contributed by atoms with Crippen molar-refractivity contribution in [3.63, 3.8) is 0 Å². The Bertz CT molecular complexity index is 692. The number of aryl methyl sites for hydroxylation is 2. The van der Waals surface area contributed by atoms with E-state index >= 15 is 0 Å². The van der Waals surface area contributed by atoms with Crippen molar-refractivity contribution in [1.29, 1.82) is 0 Å². The minimum Gasteiger partial charge on any atom is -0.303 e. The van der Waals surface area contributed by atoms with Crippen molar-refractivity contribution in [2.24, 2.45) is 0 Å². The van der Waals surface area contributed by atoms with Gasteiger partial charge in [-0.1, -0.05) is 67.6 Å². The molecule has 0 amide bonds. The van der Waals surface area contributed by atoms with Crippen LogP contribution in [0.5, 0.6) is 0 Å². The van der Waals surface area contributed by atoms with E-state index in [4.69, 9.17) is 11.6 Å². The predicted molar refractivity (Wildman–Crippen MR) is 112 cm³/mol. The summed E-state index contributed by atoms with van der Waals surface area (Å²) in [5.74, 6) is 0.505. The van der Waals surface area contributed by atoms with Crippen LogP contribution in [-0.2, 0) is 11.2 Å². The van der Waals surface area contributed by atoms with Gasteiger partial charge in [0, 0.05) is 11.4 Å². The molecule has 1 nitrogen and oxygen atoms in total. The highest BCUT2D eigenvalue weighted by Crippen LogP contribution is 2.29. The van der Waals surface area contributed by atoms with E-state index in [1.54, 1.807) is 0 Å². The number of carbonyl (C=O) groups excluding carboxylic acids is 1. The van der Waals surface area contributed by atoms with Crippen molar-refractivity contribution in [3.05, 3.63) is 69.7 Å². The Morgan fingerprint density at radius 3 is 2.42 bits per heavy atom. The summed E-state index contributed by atoms with van der Waals surface area (Å²) in [5, 5.41) is 0.821. The molecular weight excluding hydrogens is 340 g/mol. The molecule has 0 aliphatic carbocycles. The molecule has 2 rings (SSSR count). The highest BCUT2D eigenvalue weighted by Gasteiger charge is 2.13. The summed E-state index contributed by atoms with van der Waals surface area (Å²) in [6.45, 7) is 4.35. The van der Waals surface area contributed by atoms with Gasteiger partial charge in [0.25, 0.3) is 0 Å². The molecule has 0 aliphatic rings. The van der Waals surface area contributed by atoms with E-state index in [1.165, 1.54) is 47.9 Å². The van der Waals surface area contributed by atoms with Crippen molar-refractivity contribution in [2.45, 2.75) is 71.1 Å². The zero-order chi connectivity index (χ0) is 18.8. The first kappa shape index (κ1) is 20.7. The third kappa shape index (κ3) is 6.96. The van der Waals surface area contributed by atoms with E-state index in [0.717, 1.165) is 30.6 Å². The van der Waals surface area contributed by atoms with Gasteiger partial charge in [-0.15, -0.1) is 0 Å². The lowest BCUT2D eigenvalue weighted by atomic mass is 9.87. The van der Waals surface area contributed by atoms with Gasteiger partial charge in [0.15, 0.2) is 0 Å². The molecule has 2 aromatic rings. The molecule has 0 saturated heterocycles. The molecule has 0 bridgehead atoms. The Morgan fingerprint density at radius 1 is 0.923 bits per heavy atom. The first-order valence-corrected chi connectivity index (χ1v) is 10.2. The molecule has 2 heteroatoms. The molecule has 0 fully saturated rings. The Labute approximate surface area is 163 Å². The normalized spacial score (nSPS) is 12.1. The fraction of sp³-hybridized carbons (Fsp3) is 0.458. The second-order valence-corrected chi connectivity index (χ2v) is 7.82. The van der Waals surface area contributed by atoms with E-state index in [9.17, 15) is 4.79 Å². The van der Waals surface area contributed by atoms with Crippen molar-refractivity contribution in [2.75, 3.05) is 0 Å². The number of aldehydes is 1. The topological polar surface area (TPSA) is 17.1 Å². The Kier molecular flexibility index (Phi) is 8.91. The molecule has 2 aromatic carbocycles. The number of carbonyl (C=O) groups is 1. The predicted octanol–water partition coefficient (Wildman–Crippen LogP) is 7.21. The van der Waals surface area contributed by atoms with E-state index in [1.807, 2.05) is 6.07 Å². The largest absolute Gasteiger partial charge is 0.303 e. The number of rotatable bonds is 11. The molecule has 0 N–H and O–H groups in total. The summed E-state index contributed by atoms with van der Waals surface area (Å²) in [7, 11) is 0. The summed E-state index contributed by atoms with van der Waals surface area (Å²) in [6.07, 6.45) is 9.86. The monoisotopic (exact) mass is 370 g/mol. The Balaban J connectivity index is 1.97. The lowest BCUT2D eigenvalue weighted by molar-refractivity contribution is -0.107. The standard InChI is InChI=1S/C24H31ClO/c1-19-13-14-21(16-20(19)2)17-22(23-11-9-12-24(25)18-23)10-7-5-3-4-6-8-15-26/h9,11-16,18,22H,3-8,10,17H2,1-2H3. The number of hydrogen-bond donors (Lipinski definition) is 0. The average Bonchev–Trinajstić information content (AvgIpc) is 2.63. The van der Waals surface area contributed by atoms with E-state index in [0.29, 0.717) is 12.3 Å². The van der Waals surface area contributed by atoms with Gasteiger partial charge in [0.05, 0.1) is 0 Å². The summed E-state index contributed by atoms with van der Waals surface area (Å²) in [4.78, 5) is 10.4. The SMILES string of the molecule is Cc1ccc(CC(CCCCCCCC=O)c2cccc(Cl)c2)cc1C. The highest BCUT2D eigenvalue weighted by molar-refractivity contribution is 6.30. The molecule has 0 radical (unpaired) electrons. The van der Waals surface area contributed by atoms with Crippen molar-refractivity contribution < 1.29 is 4.79 Å². The molecule has 1 atom stereocenters. The number of unbranched alkanes of at least 4 members (excludes halogenated alkanes) is 5. The molecule has 0 saturated carbocycles. The lowest BCUT2D eigenvalue weighted by Gasteiger charge is -2.19. The third-order valence-corrected chi connectivity index (χ3v) is 5.48. The van der Waals surface area contributed by atoms with Crippen molar-refractivity contribution in [3.8, 4) is 0 Å². The van der Waals surface area contributed by atoms with Crippen LogP contribution in [0, 0.1) is 13.8 Å². The molecule has 0 aliphatic heterocycles. The lowest BCUT2D eigenvalue weighted by Crippen LogP contribution is -2.04. The molecule has 0 aromatic heterocycles. The van der Waals surface area contributed by atoms with E-state index in [2.05, 4.69) is 50.2 Å². The maximum atomic E-state index is 10.4. The first-order chi connectivity index (χ1) is 12.6. The van der Waals surface area contributed by atoms with Crippen LogP contribution in [0.2, 0.25) is 5.02 Å². The van der Waals surface area contributed by atoms with Gasteiger partial charge in [-0.2, -0.15) is 0 Å². The zero-order valence-electron chi connectivity index (χ0n) is 16.1. The van der Waals surface area contributed by atoms with Crippen LogP contribution in [0.1, 0.15) is 73.1 Å². The number of hydrogen-bond acceptors (Lipinski definition) is 1. The number of halogens is 1. The van der Waals surface area contributed by atoms with Gasteiger partial charge in [-0.25, -0.2) is 0 Å².